The lowest BCUT2D eigenvalue weighted by Crippen LogP contribution is -1.99. The monoisotopic (exact) mass is 154 g/mol. The van der Waals surface area contributed by atoms with E-state index in [0.717, 1.165) is 0 Å². The third-order valence-corrected chi connectivity index (χ3v) is 1.59. The van der Waals surface area contributed by atoms with Crippen LogP contribution in [-0.2, 0) is 6.42 Å². The molecule has 0 atom stereocenters. The Bertz CT molecular complexity index is 226. The normalized spacial score (nSPS) is 9.73. The van der Waals surface area contributed by atoms with Crippen LogP contribution in [0.3, 0.4) is 0 Å². The molecule has 0 bridgehead atoms. The predicted molar refractivity (Wildman–Crippen MR) is 43.1 cm³/mol. The van der Waals surface area contributed by atoms with Crippen molar-refractivity contribution in [2.45, 2.75) is 13.3 Å². The van der Waals surface area contributed by atoms with Crippen LogP contribution in [0.15, 0.2) is 12.3 Å². The number of nitrogens with zero attached hydrogens (tertiary/aromatic N) is 1. The van der Waals surface area contributed by atoms with Crippen LogP contribution in [0.2, 0.25) is 0 Å². The van der Waals surface area contributed by atoms with Crippen molar-refractivity contribution in [3.8, 4) is 0 Å². The molecule has 1 rings (SSSR count). The van der Waals surface area contributed by atoms with Gasteiger partial charge < -0.3 is 5.32 Å². The zero-order valence-electron chi connectivity index (χ0n) is 6.69. The SMILES string of the molecule is CCc1ccnc(NC)c1F. The fourth-order valence-corrected chi connectivity index (χ4v) is 0.931. The summed E-state index contributed by atoms with van der Waals surface area (Å²) < 4.78 is 13.1. The molecule has 0 aliphatic rings. The van der Waals surface area contributed by atoms with Crippen LogP contribution < -0.4 is 5.32 Å². The van der Waals surface area contributed by atoms with E-state index in [1.165, 1.54) is 0 Å². The highest BCUT2D eigenvalue weighted by Crippen LogP contribution is 2.14. The van der Waals surface area contributed by atoms with E-state index in [9.17, 15) is 4.39 Å². The number of hydrogen-bond donors (Lipinski definition) is 1. The third kappa shape index (κ3) is 1.48. The highest BCUT2D eigenvalue weighted by molar-refractivity contribution is 5.38. The van der Waals surface area contributed by atoms with E-state index in [1.807, 2.05) is 6.92 Å². The van der Waals surface area contributed by atoms with Crippen molar-refractivity contribution >= 4 is 5.82 Å². The van der Waals surface area contributed by atoms with E-state index in [0.29, 0.717) is 17.8 Å². The minimum atomic E-state index is -0.238. The Balaban J connectivity index is 3.10. The second kappa shape index (κ2) is 3.32. The first-order chi connectivity index (χ1) is 5.29. The molecule has 1 aromatic rings. The topological polar surface area (TPSA) is 24.9 Å². The molecule has 0 radical (unpaired) electrons. The molecule has 0 aliphatic carbocycles. The fourth-order valence-electron chi connectivity index (χ4n) is 0.931. The summed E-state index contributed by atoms with van der Waals surface area (Å²) >= 11 is 0. The molecule has 0 spiro atoms. The average molecular weight is 154 g/mol. The van der Waals surface area contributed by atoms with Crippen LogP contribution in [0.4, 0.5) is 10.2 Å². The molecule has 1 N–H and O–H groups in total. The molecule has 0 unspecified atom stereocenters. The summed E-state index contributed by atoms with van der Waals surface area (Å²) in [4.78, 5) is 3.82. The minimum absolute atomic E-state index is 0.238. The fraction of sp³-hybridized carbons (Fsp3) is 0.375. The quantitative estimate of drug-likeness (QED) is 0.702. The van der Waals surface area contributed by atoms with Crippen LogP contribution in [0, 0.1) is 5.82 Å². The van der Waals surface area contributed by atoms with Crippen molar-refractivity contribution < 1.29 is 4.39 Å². The zero-order valence-corrected chi connectivity index (χ0v) is 6.69. The maximum Gasteiger partial charge on any atom is 0.168 e. The lowest BCUT2D eigenvalue weighted by Gasteiger charge is -2.03. The van der Waals surface area contributed by atoms with Crippen LogP contribution in [0.5, 0.6) is 0 Å². The van der Waals surface area contributed by atoms with E-state index >= 15 is 0 Å². The molecule has 0 saturated heterocycles. The van der Waals surface area contributed by atoms with E-state index < -0.39 is 0 Å². The molecule has 3 heteroatoms. The average Bonchev–Trinajstić information content (AvgIpc) is 2.05. The summed E-state index contributed by atoms with van der Waals surface area (Å²) in [5, 5.41) is 2.68. The number of aromatic nitrogens is 1. The number of hydrogen-bond acceptors (Lipinski definition) is 2. The highest BCUT2D eigenvalue weighted by Gasteiger charge is 2.04. The second-order valence-corrected chi connectivity index (χ2v) is 2.24. The van der Waals surface area contributed by atoms with Gasteiger partial charge in [0.15, 0.2) is 11.6 Å². The van der Waals surface area contributed by atoms with Gasteiger partial charge in [-0.05, 0) is 18.1 Å². The van der Waals surface area contributed by atoms with Crippen molar-refractivity contribution in [3.05, 3.63) is 23.6 Å². The molecule has 2 nitrogen and oxygen atoms in total. The molecular formula is C8H11FN2. The Kier molecular flexibility index (Phi) is 2.41. The molecule has 1 aromatic heterocycles. The summed E-state index contributed by atoms with van der Waals surface area (Å²) in [6.07, 6.45) is 2.30. The maximum absolute atomic E-state index is 13.1. The van der Waals surface area contributed by atoms with Crippen molar-refractivity contribution in [1.82, 2.24) is 4.98 Å². The van der Waals surface area contributed by atoms with Gasteiger partial charge >= 0.3 is 0 Å². The van der Waals surface area contributed by atoms with E-state index in [4.69, 9.17) is 0 Å². The highest BCUT2D eigenvalue weighted by atomic mass is 19.1. The minimum Gasteiger partial charge on any atom is -0.371 e. The summed E-state index contributed by atoms with van der Waals surface area (Å²) in [6.45, 7) is 1.91. The number of anilines is 1. The van der Waals surface area contributed by atoms with Crippen molar-refractivity contribution in [2.24, 2.45) is 0 Å². The molecule has 0 fully saturated rings. The number of pyridine rings is 1. The largest absolute Gasteiger partial charge is 0.371 e. The van der Waals surface area contributed by atoms with E-state index in [-0.39, 0.29) is 5.82 Å². The summed E-state index contributed by atoms with van der Waals surface area (Å²) in [5.41, 5.74) is 0.698. The Labute approximate surface area is 65.5 Å². The number of halogens is 1. The van der Waals surface area contributed by atoms with Gasteiger partial charge in [0.2, 0.25) is 0 Å². The molecular weight excluding hydrogens is 143 g/mol. The zero-order chi connectivity index (χ0) is 8.27. The van der Waals surface area contributed by atoms with Gasteiger partial charge in [-0.1, -0.05) is 6.92 Å². The molecule has 11 heavy (non-hydrogen) atoms. The van der Waals surface area contributed by atoms with Gasteiger partial charge in [0.1, 0.15) is 0 Å². The molecule has 0 saturated carbocycles. The number of nitrogens with one attached hydrogen (secondary N) is 1. The Morgan fingerprint density at radius 3 is 2.91 bits per heavy atom. The summed E-state index contributed by atoms with van der Waals surface area (Å²) in [6, 6.07) is 1.69. The van der Waals surface area contributed by atoms with E-state index in [1.54, 1.807) is 19.3 Å². The third-order valence-electron chi connectivity index (χ3n) is 1.59. The van der Waals surface area contributed by atoms with Gasteiger partial charge in [-0.15, -0.1) is 0 Å². The smallest absolute Gasteiger partial charge is 0.168 e. The first kappa shape index (κ1) is 7.98. The lowest BCUT2D eigenvalue weighted by molar-refractivity contribution is 0.610. The van der Waals surface area contributed by atoms with Crippen molar-refractivity contribution in [1.29, 1.82) is 0 Å². The van der Waals surface area contributed by atoms with Gasteiger partial charge in [-0.3, -0.25) is 0 Å². The Morgan fingerprint density at radius 1 is 1.64 bits per heavy atom. The van der Waals surface area contributed by atoms with Gasteiger partial charge in [-0.25, -0.2) is 9.37 Å². The molecule has 0 aromatic carbocycles. The van der Waals surface area contributed by atoms with E-state index in [2.05, 4.69) is 10.3 Å². The molecule has 0 aliphatic heterocycles. The van der Waals surface area contributed by atoms with Crippen LogP contribution in [0.1, 0.15) is 12.5 Å². The van der Waals surface area contributed by atoms with Gasteiger partial charge in [0.05, 0.1) is 0 Å². The summed E-state index contributed by atoms with van der Waals surface area (Å²) in [5.74, 6) is 0.0850. The number of rotatable bonds is 2. The van der Waals surface area contributed by atoms with Crippen molar-refractivity contribution in [3.63, 3.8) is 0 Å². The Morgan fingerprint density at radius 2 is 2.36 bits per heavy atom. The number of aryl methyl sites for hydroxylation is 1. The second-order valence-electron chi connectivity index (χ2n) is 2.24. The molecule has 1 heterocycles. The first-order valence-corrected chi connectivity index (χ1v) is 3.60. The Hall–Kier alpha value is -1.12. The molecule has 0 amide bonds. The van der Waals surface area contributed by atoms with Gasteiger partial charge in [0, 0.05) is 13.2 Å². The molecule has 60 valence electrons. The lowest BCUT2D eigenvalue weighted by atomic mass is 10.2. The first-order valence-electron chi connectivity index (χ1n) is 3.60. The van der Waals surface area contributed by atoms with Crippen LogP contribution in [0.25, 0.3) is 0 Å². The van der Waals surface area contributed by atoms with Crippen LogP contribution in [-0.4, -0.2) is 12.0 Å². The van der Waals surface area contributed by atoms with Crippen LogP contribution >= 0.6 is 0 Å². The summed E-state index contributed by atoms with van der Waals surface area (Å²) in [7, 11) is 1.66. The van der Waals surface area contributed by atoms with Gasteiger partial charge in [-0.2, -0.15) is 0 Å². The van der Waals surface area contributed by atoms with Gasteiger partial charge in [0.25, 0.3) is 0 Å². The maximum atomic E-state index is 13.1. The standard InChI is InChI=1S/C8H11FN2/c1-3-6-4-5-11-8(10-2)7(6)9/h4-5H,3H2,1-2H3,(H,10,11). The van der Waals surface area contributed by atoms with Crippen molar-refractivity contribution in [2.75, 3.05) is 12.4 Å². The predicted octanol–water partition coefficient (Wildman–Crippen LogP) is 1.82.